The van der Waals surface area contributed by atoms with Gasteiger partial charge >= 0.3 is 0 Å². The molecular formula is C31H23BrINO5S. The second-order valence-corrected chi connectivity index (χ2v) is 12.0. The first-order valence-electron chi connectivity index (χ1n) is 12.4. The summed E-state index contributed by atoms with van der Waals surface area (Å²) in [6, 6.07) is 24.8. The first-order valence-corrected chi connectivity index (χ1v) is 15.1. The van der Waals surface area contributed by atoms with E-state index in [0.29, 0.717) is 35.8 Å². The Morgan fingerprint density at radius 3 is 2.52 bits per heavy atom. The first-order chi connectivity index (χ1) is 19.3. The molecule has 9 heteroatoms. The van der Waals surface area contributed by atoms with Gasteiger partial charge < -0.3 is 9.47 Å². The van der Waals surface area contributed by atoms with E-state index in [4.69, 9.17) is 9.47 Å². The van der Waals surface area contributed by atoms with Crippen LogP contribution in [0.3, 0.4) is 0 Å². The van der Waals surface area contributed by atoms with Crippen LogP contribution in [0.2, 0.25) is 0 Å². The van der Waals surface area contributed by atoms with E-state index in [0.717, 1.165) is 41.0 Å². The lowest BCUT2D eigenvalue weighted by Crippen LogP contribution is -2.33. The number of amides is 2. The highest BCUT2D eigenvalue weighted by Crippen LogP contribution is 2.38. The second kappa shape index (κ2) is 12.6. The second-order valence-electron chi connectivity index (χ2n) is 8.89. The summed E-state index contributed by atoms with van der Waals surface area (Å²) in [5, 5.41) is 1.80. The van der Waals surface area contributed by atoms with Crippen LogP contribution < -0.4 is 9.47 Å². The summed E-state index contributed by atoms with van der Waals surface area (Å²) in [6.45, 7) is 2.37. The normalized spacial score (nSPS) is 14.3. The number of thioether (sulfide) groups is 1. The Labute approximate surface area is 258 Å². The Morgan fingerprint density at radius 2 is 1.75 bits per heavy atom. The van der Waals surface area contributed by atoms with Crippen molar-refractivity contribution >= 4 is 84.1 Å². The van der Waals surface area contributed by atoms with Gasteiger partial charge in [-0.05, 0) is 93.5 Å². The van der Waals surface area contributed by atoms with Gasteiger partial charge in [-0.3, -0.25) is 19.3 Å². The van der Waals surface area contributed by atoms with Crippen LogP contribution in [0.1, 0.15) is 28.4 Å². The number of imide groups is 1. The van der Waals surface area contributed by atoms with E-state index in [1.165, 1.54) is 0 Å². The zero-order valence-corrected chi connectivity index (χ0v) is 25.9. The molecule has 6 nitrogen and oxygen atoms in total. The molecule has 4 aromatic carbocycles. The van der Waals surface area contributed by atoms with E-state index in [9.17, 15) is 14.4 Å². The van der Waals surface area contributed by atoms with Gasteiger partial charge in [0, 0.05) is 10.0 Å². The van der Waals surface area contributed by atoms with Crippen molar-refractivity contribution in [3.8, 4) is 11.5 Å². The van der Waals surface area contributed by atoms with Crippen LogP contribution in [0.25, 0.3) is 16.8 Å². The minimum absolute atomic E-state index is 0.247. The molecule has 40 heavy (non-hydrogen) atoms. The Kier molecular flexibility index (Phi) is 8.92. The lowest BCUT2D eigenvalue weighted by Gasteiger charge is -2.16. The van der Waals surface area contributed by atoms with Crippen molar-refractivity contribution in [2.45, 2.75) is 13.5 Å². The maximum atomic E-state index is 13.1. The Morgan fingerprint density at radius 1 is 1.00 bits per heavy atom. The number of ether oxygens (including phenoxy) is 2. The molecule has 0 unspecified atom stereocenters. The number of benzene rings is 4. The molecule has 1 saturated heterocycles. The molecule has 4 aromatic rings. The third kappa shape index (κ3) is 6.26. The molecule has 0 saturated carbocycles. The number of Topliss-reactive ketones (excluding diaryl/α,β-unsaturated/α-hetero) is 1. The number of rotatable bonds is 9. The molecular weight excluding hydrogens is 705 g/mol. The Hall–Kier alpha value is -3.15. The van der Waals surface area contributed by atoms with Crippen molar-refractivity contribution < 1.29 is 23.9 Å². The summed E-state index contributed by atoms with van der Waals surface area (Å²) in [5.41, 5.74) is 2.18. The third-order valence-electron chi connectivity index (χ3n) is 6.22. The van der Waals surface area contributed by atoms with E-state index in [2.05, 4.69) is 56.7 Å². The minimum atomic E-state index is -0.496. The van der Waals surface area contributed by atoms with Crippen LogP contribution in [0.4, 0.5) is 4.79 Å². The van der Waals surface area contributed by atoms with Crippen LogP contribution >= 0.6 is 50.3 Å². The average molecular weight is 728 g/mol. The zero-order valence-electron chi connectivity index (χ0n) is 21.4. The summed E-state index contributed by atoms with van der Waals surface area (Å²) in [7, 11) is 0. The van der Waals surface area contributed by atoms with Gasteiger partial charge in [0.05, 0.1) is 21.6 Å². The number of halogens is 2. The van der Waals surface area contributed by atoms with Crippen molar-refractivity contribution in [2.75, 3.05) is 13.2 Å². The average Bonchev–Trinajstić information content (AvgIpc) is 3.20. The summed E-state index contributed by atoms with van der Waals surface area (Å²) in [4.78, 5) is 39.6. The highest BCUT2D eigenvalue weighted by atomic mass is 127. The minimum Gasteiger partial charge on any atom is -0.490 e. The summed E-state index contributed by atoms with van der Waals surface area (Å²) < 4.78 is 13.8. The van der Waals surface area contributed by atoms with Gasteiger partial charge in [-0.15, -0.1) is 0 Å². The molecule has 0 spiro atoms. The molecule has 5 rings (SSSR count). The van der Waals surface area contributed by atoms with Crippen molar-refractivity contribution in [3.05, 3.63) is 109 Å². The molecule has 1 aliphatic heterocycles. The van der Waals surface area contributed by atoms with Crippen LogP contribution in [0.15, 0.2) is 88.2 Å². The van der Waals surface area contributed by atoms with Crippen molar-refractivity contribution in [1.29, 1.82) is 0 Å². The number of carbonyl (C=O) groups is 3. The summed E-state index contributed by atoms with van der Waals surface area (Å²) in [5.74, 6) is 0.355. The van der Waals surface area contributed by atoms with Gasteiger partial charge in [0.15, 0.2) is 17.3 Å². The van der Waals surface area contributed by atoms with Crippen LogP contribution in [0, 0.1) is 3.57 Å². The molecule has 202 valence electrons. The number of fused-ring (bicyclic) bond motifs is 1. The van der Waals surface area contributed by atoms with Gasteiger partial charge in [-0.1, -0.05) is 70.5 Å². The highest BCUT2D eigenvalue weighted by Gasteiger charge is 2.36. The van der Waals surface area contributed by atoms with Gasteiger partial charge in [0.25, 0.3) is 11.1 Å². The van der Waals surface area contributed by atoms with Crippen molar-refractivity contribution in [1.82, 2.24) is 4.90 Å². The number of nitrogens with zero attached hydrogens (tertiary/aromatic N) is 1. The van der Waals surface area contributed by atoms with Gasteiger partial charge in [-0.2, -0.15) is 0 Å². The Bertz CT molecular complexity index is 1650. The van der Waals surface area contributed by atoms with Crippen LogP contribution in [-0.2, 0) is 11.4 Å². The standard InChI is InChI=1S/C31H23BrINO5S/c1-2-38-27-15-19(14-25(33)29(27)39-18-22-8-5-7-20-6-3-4-9-24(20)22)16-28-30(36)34(31(37)40-28)17-26(35)21-10-12-23(32)13-11-21/h3-16H,2,17-18H2,1H3/b28-16+. The molecule has 0 N–H and O–H groups in total. The Balaban J connectivity index is 1.35. The fourth-order valence-corrected chi connectivity index (χ4v) is 6.18. The number of hydrogen-bond acceptors (Lipinski definition) is 6. The number of hydrogen-bond donors (Lipinski definition) is 0. The largest absolute Gasteiger partial charge is 0.490 e. The molecule has 0 aliphatic carbocycles. The molecule has 0 bridgehead atoms. The van der Waals surface area contributed by atoms with E-state index in [1.54, 1.807) is 36.4 Å². The fraction of sp³-hybridized carbons (Fsp3) is 0.129. The molecule has 1 aliphatic rings. The van der Waals surface area contributed by atoms with E-state index in [-0.39, 0.29) is 17.2 Å². The molecule has 0 aromatic heterocycles. The zero-order chi connectivity index (χ0) is 28.2. The smallest absolute Gasteiger partial charge is 0.293 e. The molecule has 2 amide bonds. The summed E-state index contributed by atoms with van der Waals surface area (Å²) in [6.07, 6.45) is 1.65. The van der Waals surface area contributed by atoms with Gasteiger partial charge in [0.2, 0.25) is 0 Å². The van der Waals surface area contributed by atoms with Crippen LogP contribution in [0.5, 0.6) is 11.5 Å². The van der Waals surface area contributed by atoms with E-state index >= 15 is 0 Å². The third-order valence-corrected chi connectivity index (χ3v) is 8.46. The topological polar surface area (TPSA) is 72.9 Å². The highest BCUT2D eigenvalue weighted by molar-refractivity contribution is 14.1. The molecule has 0 radical (unpaired) electrons. The first kappa shape index (κ1) is 28.4. The SMILES string of the molecule is CCOc1cc(/C=C2/SC(=O)N(CC(=O)c3ccc(Br)cc3)C2=O)cc(I)c1OCc1cccc2ccccc12. The van der Waals surface area contributed by atoms with Crippen molar-refractivity contribution in [3.63, 3.8) is 0 Å². The molecule has 1 fully saturated rings. The van der Waals surface area contributed by atoms with Crippen molar-refractivity contribution in [2.24, 2.45) is 0 Å². The molecule has 1 heterocycles. The van der Waals surface area contributed by atoms with E-state index < -0.39 is 11.1 Å². The lowest BCUT2D eigenvalue weighted by atomic mass is 10.1. The lowest BCUT2D eigenvalue weighted by molar-refractivity contribution is -0.122. The summed E-state index contributed by atoms with van der Waals surface area (Å²) >= 11 is 6.34. The maximum absolute atomic E-state index is 13.1. The van der Waals surface area contributed by atoms with E-state index in [1.807, 2.05) is 37.3 Å². The molecule has 0 atom stereocenters. The van der Waals surface area contributed by atoms with Gasteiger partial charge in [-0.25, -0.2) is 0 Å². The quantitative estimate of drug-likeness (QED) is 0.0986. The monoisotopic (exact) mass is 727 g/mol. The predicted molar refractivity (Wildman–Crippen MR) is 170 cm³/mol. The maximum Gasteiger partial charge on any atom is 0.293 e. The van der Waals surface area contributed by atoms with Crippen LogP contribution in [-0.4, -0.2) is 35.0 Å². The fourth-order valence-electron chi connectivity index (χ4n) is 4.30. The van der Waals surface area contributed by atoms with Gasteiger partial charge in [0.1, 0.15) is 6.61 Å². The predicted octanol–water partition coefficient (Wildman–Crippen LogP) is 8.10. The number of ketones is 1. The number of carbonyl (C=O) groups excluding carboxylic acids is 3.